The van der Waals surface area contributed by atoms with E-state index in [0.717, 1.165) is 5.57 Å². The minimum atomic E-state index is -2.01. The Kier molecular flexibility index (Phi) is 22.0. The number of ketones is 3. The number of fused-ring (bicyclic) bond motifs is 3. The van der Waals surface area contributed by atoms with Crippen LogP contribution < -0.4 is 5.32 Å². The summed E-state index contributed by atoms with van der Waals surface area (Å²) >= 11 is 0. The Morgan fingerprint density at radius 2 is 1.62 bits per heavy atom. The molecule has 3 N–H and O–H groups in total. The largest absolute Gasteiger partial charge is 0.460 e. The van der Waals surface area contributed by atoms with Crippen LogP contribution in [0.25, 0.3) is 0 Å². The van der Waals surface area contributed by atoms with Crippen LogP contribution in [0.2, 0.25) is 0 Å². The number of nitrogens with zero attached hydrogens (tertiary/aromatic N) is 1. The van der Waals surface area contributed by atoms with Gasteiger partial charge < -0.3 is 44.1 Å². The molecule has 0 aromatic rings. The van der Waals surface area contributed by atoms with Gasteiger partial charge in [0.15, 0.2) is 11.6 Å². The van der Waals surface area contributed by atoms with E-state index in [0.29, 0.717) is 69.8 Å². The number of aliphatic hydroxyl groups is 2. The highest BCUT2D eigenvalue weighted by molar-refractivity contribution is 6.39. The molecule has 3 aliphatic heterocycles. The summed E-state index contributed by atoms with van der Waals surface area (Å²) in [4.78, 5) is 85.9. The first-order chi connectivity index (χ1) is 32.2. The number of ether oxygens (including phenoxy) is 5. The van der Waals surface area contributed by atoms with Crippen molar-refractivity contribution in [3.63, 3.8) is 0 Å². The highest BCUT2D eigenvalue weighted by atomic mass is 16.6. The van der Waals surface area contributed by atoms with Crippen LogP contribution in [0.15, 0.2) is 47.6 Å². The Morgan fingerprint density at radius 1 is 0.897 bits per heavy atom. The number of carbonyl (C=O) groups excluding carboxylic acids is 6. The van der Waals surface area contributed by atoms with Crippen molar-refractivity contribution in [2.75, 3.05) is 27.9 Å². The summed E-state index contributed by atoms with van der Waals surface area (Å²) in [5, 5.41) is 24.7. The quantitative estimate of drug-likeness (QED) is 0.189. The molecule has 382 valence electrons. The van der Waals surface area contributed by atoms with E-state index >= 15 is 0 Å². The van der Waals surface area contributed by atoms with Gasteiger partial charge in [-0.05, 0) is 107 Å². The van der Waals surface area contributed by atoms with E-state index in [1.54, 1.807) is 41.1 Å². The molecule has 2 bridgehead atoms. The minimum Gasteiger partial charge on any atom is -0.460 e. The van der Waals surface area contributed by atoms with Crippen molar-refractivity contribution in [3.05, 3.63) is 47.6 Å². The number of hydrogen-bond donors (Lipinski definition) is 3. The Hall–Kier alpha value is -3.86. The van der Waals surface area contributed by atoms with Gasteiger partial charge in [-0.25, -0.2) is 4.79 Å². The van der Waals surface area contributed by atoms with E-state index in [4.69, 9.17) is 23.7 Å². The zero-order valence-corrected chi connectivity index (χ0v) is 42.6. The van der Waals surface area contributed by atoms with Crippen molar-refractivity contribution in [2.24, 2.45) is 35.5 Å². The fourth-order valence-electron chi connectivity index (χ4n) is 10.6. The highest BCUT2D eigenvalue weighted by Crippen LogP contribution is 2.38. The number of hydrogen-bond acceptors (Lipinski definition) is 13. The molecule has 15 atom stereocenters. The Labute approximate surface area is 404 Å². The molecule has 4 rings (SSSR count). The van der Waals surface area contributed by atoms with Crippen molar-refractivity contribution < 1.29 is 62.7 Å². The van der Waals surface area contributed by atoms with E-state index in [1.807, 2.05) is 58.1 Å². The van der Waals surface area contributed by atoms with Gasteiger partial charge in [0, 0.05) is 65.4 Å². The van der Waals surface area contributed by atoms with Crippen molar-refractivity contribution in [1.29, 1.82) is 0 Å². The van der Waals surface area contributed by atoms with E-state index < -0.39 is 89.7 Å². The van der Waals surface area contributed by atoms with Gasteiger partial charge >= 0.3 is 5.97 Å². The average Bonchev–Trinajstić information content (AvgIpc) is 3.30. The van der Waals surface area contributed by atoms with Gasteiger partial charge in [-0.1, -0.05) is 71.1 Å². The number of cyclic esters (lactones) is 1. The summed E-state index contributed by atoms with van der Waals surface area (Å²) in [7, 11) is 4.53. The number of methoxy groups -OCH3 is 3. The normalized spacial score (nSPS) is 36.6. The summed E-state index contributed by atoms with van der Waals surface area (Å²) in [6.07, 6.45) is 11.2. The molecule has 4 aliphatic rings. The van der Waals surface area contributed by atoms with Gasteiger partial charge in [-0.15, -0.1) is 0 Å². The monoisotopic (exact) mass is 955 g/mol. The molecule has 15 nitrogen and oxygen atoms in total. The average molecular weight is 955 g/mol. The maximum Gasteiger partial charge on any atom is 0.329 e. The topological polar surface area (TPSA) is 204 Å². The molecule has 3 heterocycles. The molecule has 2 saturated heterocycles. The number of rotatable bonds is 7. The maximum absolute atomic E-state index is 14.8. The van der Waals surface area contributed by atoms with E-state index in [9.17, 15) is 39.0 Å². The molecule has 68 heavy (non-hydrogen) atoms. The summed E-state index contributed by atoms with van der Waals surface area (Å²) in [5.74, 6) is -5.78. The first-order valence-corrected chi connectivity index (χ1v) is 24.9. The molecule has 0 spiro atoms. The third kappa shape index (κ3) is 14.8. The zero-order chi connectivity index (χ0) is 50.5. The van der Waals surface area contributed by atoms with Crippen LogP contribution in [-0.4, -0.2) is 133 Å². The highest BCUT2D eigenvalue weighted by Gasteiger charge is 2.55. The molecule has 2 unspecified atom stereocenters. The summed E-state index contributed by atoms with van der Waals surface area (Å²) in [6, 6.07) is -1.15. The van der Waals surface area contributed by atoms with Crippen molar-refractivity contribution in [2.45, 2.75) is 187 Å². The third-order valence-corrected chi connectivity index (χ3v) is 14.9. The molecule has 0 radical (unpaired) electrons. The van der Waals surface area contributed by atoms with Gasteiger partial charge in [-0.2, -0.15) is 0 Å². The van der Waals surface area contributed by atoms with Crippen LogP contribution in [0.5, 0.6) is 0 Å². The molecular weight excluding hydrogens is 873 g/mol. The lowest BCUT2D eigenvalue weighted by Crippen LogP contribution is -2.67. The zero-order valence-electron chi connectivity index (χ0n) is 42.6. The summed E-state index contributed by atoms with van der Waals surface area (Å²) in [5.41, 5.74) is -0.818. The van der Waals surface area contributed by atoms with Crippen LogP contribution in [0.1, 0.15) is 132 Å². The molecule has 1 saturated carbocycles. The number of piperidine rings is 1. The van der Waals surface area contributed by atoms with Crippen LogP contribution in [0.4, 0.5) is 0 Å². The van der Waals surface area contributed by atoms with Crippen molar-refractivity contribution >= 4 is 35.1 Å². The fraction of sp³-hybridized carbons (Fsp3) is 0.736. The lowest BCUT2D eigenvalue weighted by atomic mass is 9.78. The second-order valence-corrected chi connectivity index (χ2v) is 20.3. The Balaban J connectivity index is 1.76. The smallest absolute Gasteiger partial charge is 0.329 e. The van der Waals surface area contributed by atoms with E-state index in [-0.39, 0.29) is 54.8 Å². The second kappa shape index (κ2) is 26.4. The van der Waals surface area contributed by atoms with Crippen LogP contribution in [0.3, 0.4) is 0 Å². The number of allylic oxidation sites excluding steroid dienone is 6. The Morgan fingerprint density at radius 3 is 2.28 bits per heavy atom. The number of nitrogens with one attached hydrogen (secondary N) is 1. The van der Waals surface area contributed by atoms with E-state index in [1.165, 1.54) is 18.9 Å². The maximum atomic E-state index is 14.8. The van der Waals surface area contributed by atoms with E-state index in [2.05, 4.69) is 5.32 Å². The Bertz CT molecular complexity index is 1880. The second-order valence-electron chi connectivity index (χ2n) is 20.3. The van der Waals surface area contributed by atoms with Crippen LogP contribution in [-0.2, 0) is 52.5 Å². The minimum absolute atomic E-state index is 0.0129. The number of esters is 1. The molecule has 1 aliphatic carbocycles. The SMILES string of the molecule is CO[C@H]1C[C@@H]2CC[C@@H](C)[C@@](NC(C)=O)(O2)C(=O)C(=O)N2CCCCC2C(=O)O[C@H]([C@H](C)C[C@@H]2CC[C@@H](O)[C@H](OC)C2)CC(=O)C(C)=CC(C)[C@@H](O)[C@@H](OC)C(=O)[C@H](C)C[C@H](C)C=CC=CC=C1C. The van der Waals surface area contributed by atoms with Crippen molar-refractivity contribution in [1.82, 2.24) is 10.2 Å². The van der Waals surface area contributed by atoms with Gasteiger partial charge in [0.25, 0.3) is 11.7 Å². The van der Waals surface area contributed by atoms with Crippen LogP contribution >= 0.6 is 0 Å². The standard InChI is InChI=1S/C53H82N2O13/c1-31-17-13-12-14-18-32(2)44(64-9)29-40-22-20-37(7)53(68-40,54-38(8)56)50(61)51(62)55-24-16-15-19-41(55)52(63)67-45(34(4)27-39-21-23-42(57)46(28-39)65-10)30-43(58)33(3)26-36(6)48(60)49(66-11)47(59)35(5)25-31/h12-14,17-18,26,31,34-37,39-42,44-46,48-49,57,60H,15-16,19-25,27-30H2,1-11H3,(H,54,56)/t31-,34-,35-,36?,37-,39+,40+,41?,42-,44+,45+,46-,48-,49+,53-/m1/s1. The summed E-state index contributed by atoms with van der Waals surface area (Å²) in [6.45, 7) is 14.1. The predicted molar refractivity (Wildman–Crippen MR) is 257 cm³/mol. The van der Waals surface area contributed by atoms with Crippen molar-refractivity contribution in [3.8, 4) is 0 Å². The number of amides is 2. The number of aliphatic hydroxyl groups excluding tert-OH is 2. The molecule has 2 amide bonds. The number of carbonyl (C=O) groups is 6. The van der Waals surface area contributed by atoms with Gasteiger partial charge in [0.1, 0.15) is 18.2 Å². The van der Waals surface area contributed by atoms with Gasteiger partial charge in [0.05, 0.1) is 30.5 Å². The third-order valence-electron chi connectivity index (χ3n) is 14.9. The molecule has 0 aromatic heterocycles. The molecule has 15 heteroatoms. The van der Waals surface area contributed by atoms with Gasteiger partial charge in [-0.3, -0.25) is 24.0 Å². The lowest BCUT2D eigenvalue weighted by molar-refractivity contribution is -0.198. The lowest BCUT2D eigenvalue weighted by Gasteiger charge is -2.46. The van der Waals surface area contributed by atoms with Crippen LogP contribution in [0, 0.1) is 35.5 Å². The first kappa shape index (κ1) is 56.7. The number of Topliss-reactive ketones (excluding diaryl/α,β-unsaturated/α-hetero) is 3. The van der Waals surface area contributed by atoms with Gasteiger partial charge in [0.2, 0.25) is 11.6 Å². The predicted octanol–water partition coefficient (Wildman–Crippen LogP) is 6.32. The molecule has 0 aromatic carbocycles. The summed E-state index contributed by atoms with van der Waals surface area (Å²) < 4.78 is 30.0. The molecule has 3 fully saturated rings. The first-order valence-electron chi connectivity index (χ1n) is 24.9. The fourth-order valence-corrected chi connectivity index (χ4v) is 10.6. The molecular formula is C53H82N2O13.